The normalized spacial score (nSPS) is 12.9. The summed E-state index contributed by atoms with van der Waals surface area (Å²) >= 11 is 0. The van der Waals surface area contributed by atoms with Gasteiger partial charge in [0.15, 0.2) is 0 Å². The second kappa shape index (κ2) is 6.22. The lowest BCUT2D eigenvalue weighted by Crippen LogP contribution is -2.46. The van der Waals surface area contributed by atoms with Gasteiger partial charge in [-0.25, -0.2) is 4.79 Å². The lowest BCUT2D eigenvalue weighted by molar-refractivity contribution is -0.143. The van der Waals surface area contributed by atoms with Crippen molar-refractivity contribution < 1.29 is 19.5 Å². The van der Waals surface area contributed by atoms with E-state index in [1.54, 1.807) is 13.8 Å². The van der Waals surface area contributed by atoms with E-state index in [2.05, 4.69) is 5.32 Å². The van der Waals surface area contributed by atoms with Crippen LogP contribution in [-0.4, -0.2) is 28.9 Å². The minimum absolute atomic E-state index is 0.0101. The minimum atomic E-state index is -1.16. The lowest BCUT2D eigenvalue weighted by Gasteiger charge is -2.24. The van der Waals surface area contributed by atoms with Crippen LogP contribution in [0.4, 0.5) is 0 Å². The largest absolute Gasteiger partial charge is 0.480 e. The van der Waals surface area contributed by atoms with Gasteiger partial charge in [-0.1, -0.05) is 20.8 Å². The second-order valence-corrected chi connectivity index (χ2v) is 4.61. The van der Waals surface area contributed by atoms with Crippen LogP contribution in [0.3, 0.4) is 0 Å². The molecule has 0 aliphatic rings. The molecule has 0 aliphatic carbocycles. The number of aliphatic carboxylic acids is 1. The average molecular weight is 244 g/mol. The number of primary amides is 1. The third-order valence-corrected chi connectivity index (χ3v) is 2.78. The van der Waals surface area contributed by atoms with Gasteiger partial charge in [-0.2, -0.15) is 0 Å². The Labute approximate surface area is 101 Å². The van der Waals surface area contributed by atoms with Gasteiger partial charge in [-0.15, -0.1) is 0 Å². The van der Waals surface area contributed by atoms with Crippen LogP contribution < -0.4 is 11.1 Å². The molecular formula is C11H20N2O4. The van der Waals surface area contributed by atoms with E-state index >= 15 is 0 Å². The molecule has 0 rings (SSSR count). The third kappa shape index (κ3) is 5.33. The zero-order valence-corrected chi connectivity index (χ0v) is 10.4. The summed E-state index contributed by atoms with van der Waals surface area (Å²) in [5, 5.41) is 11.3. The fourth-order valence-corrected chi connectivity index (χ4v) is 1.06. The van der Waals surface area contributed by atoms with Crippen molar-refractivity contribution in [2.75, 3.05) is 0 Å². The van der Waals surface area contributed by atoms with Crippen LogP contribution in [0, 0.1) is 5.41 Å². The molecule has 2 amide bonds. The molecule has 1 atom stereocenters. The highest BCUT2D eigenvalue weighted by molar-refractivity contribution is 5.87. The van der Waals surface area contributed by atoms with Gasteiger partial charge in [0.25, 0.3) is 0 Å². The molecule has 0 fully saturated rings. The van der Waals surface area contributed by atoms with E-state index in [4.69, 9.17) is 10.8 Å². The minimum Gasteiger partial charge on any atom is -0.480 e. The SMILES string of the molecule is CCC(C)(C)C(=O)NC(CCC(N)=O)C(=O)O. The Hall–Kier alpha value is -1.59. The van der Waals surface area contributed by atoms with Gasteiger partial charge >= 0.3 is 5.97 Å². The van der Waals surface area contributed by atoms with E-state index < -0.39 is 23.3 Å². The Bertz CT molecular complexity index is 313. The number of carbonyl (C=O) groups excluding carboxylic acids is 2. The first-order chi connectivity index (χ1) is 7.70. The number of nitrogens with two attached hydrogens (primary N) is 1. The molecule has 0 aromatic rings. The van der Waals surface area contributed by atoms with Crippen molar-refractivity contribution in [1.29, 1.82) is 0 Å². The first-order valence-corrected chi connectivity index (χ1v) is 5.52. The molecule has 0 saturated carbocycles. The number of carbonyl (C=O) groups is 3. The fraction of sp³-hybridized carbons (Fsp3) is 0.727. The molecule has 0 bridgehead atoms. The predicted molar refractivity (Wildman–Crippen MR) is 62.1 cm³/mol. The standard InChI is InChI=1S/C11H20N2O4/c1-4-11(2,3)10(17)13-7(9(15)16)5-6-8(12)14/h7H,4-6H2,1-3H3,(H2,12,14)(H,13,17)(H,15,16). The lowest BCUT2D eigenvalue weighted by atomic mass is 9.89. The highest BCUT2D eigenvalue weighted by Crippen LogP contribution is 2.20. The molecule has 0 saturated heterocycles. The Morgan fingerprint density at radius 2 is 1.88 bits per heavy atom. The molecule has 17 heavy (non-hydrogen) atoms. The summed E-state index contributed by atoms with van der Waals surface area (Å²) in [7, 11) is 0. The summed E-state index contributed by atoms with van der Waals surface area (Å²) in [4.78, 5) is 33.2. The quantitative estimate of drug-likeness (QED) is 0.596. The Kier molecular flexibility index (Phi) is 5.64. The van der Waals surface area contributed by atoms with Gasteiger partial charge in [0.1, 0.15) is 6.04 Å². The van der Waals surface area contributed by atoms with Crippen molar-refractivity contribution in [2.24, 2.45) is 11.1 Å². The monoisotopic (exact) mass is 244 g/mol. The molecule has 0 spiro atoms. The van der Waals surface area contributed by atoms with Gasteiger partial charge in [-0.05, 0) is 12.8 Å². The Morgan fingerprint density at radius 3 is 2.24 bits per heavy atom. The zero-order chi connectivity index (χ0) is 13.6. The third-order valence-electron chi connectivity index (χ3n) is 2.78. The van der Waals surface area contributed by atoms with Crippen molar-refractivity contribution in [3.63, 3.8) is 0 Å². The maximum Gasteiger partial charge on any atom is 0.326 e. The van der Waals surface area contributed by atoms with Crippen LogP contribution >= 0.6 is 0 Å². The number of carboxylic acids is 1. The van der Waals surface area contributed by atoms with E-state index in [9.17, 15) is 14.4 Å². The van der Waals surface area contributed by atoms with Gasteiger partial charge in [0.2, 0.25) is 11.8 Å². The number of nitrogens with one attached hydrogen (secondary N) is 1. The van der Waals surface area contributed by atoms with Gasteiger partial charge in [0, 0.05) is 11.8 Å². The number of hydrogen-bond acceptors (Lipinski definition) is 3. The van der Waals surface area contributed by atoms with Crippen LogP contribution in [0.2, 0.25) is 0 Å². The molecule has 0 aromatic carbocycles. The van der Waals surface area contributed by atoms with Crippen molar-refractivity contribution in [3.8, 4) is 0 Å². The molecule has 98 valence electrons. The summed E-state index contributed by atoms with van der Waals surface area (Å²) in [5.74, 6) is -2.08. The molecule has 4 N–H and O–H groups in total. The maximum absolute atomic E-state index is 11.8. The first kappa shape index (κ1) is 15.4. The van der Waals surface area contributed by atoms with E-state index in [1.807, 2.05) is 6.92 Å². The molecule has 0 radical (unpaired) electrons. The maximum atomic E-state index is 11.8. The van der Waals surface area contributed by atoms with E-state index in [0.29, 0.717) is 6.42 Å². The molecule has 6 nitrogen and oxygen atoms in total. The number of rotatable bonds is 7. The average Bonchev–Trinajstić information content (AvgIpc) is 2.22. The van der Waals surface area contributed by atoms with Gasteiger partial charge in [0.05, 0.1) is 0 Å². The summed E-state index contributed by atoms with van der Waals surface area (Å²) in [5.41, 5.74) is 4.31. The van der Waals surface area contributed by atoms with Gasteiger partial charge in [-0.3, -0.25) is 9.59 Å². The van der Waals surface area contributed by atoms with Crippen molar-refractivity contribution >= 4 is 17.8 Å². The topological polar surface area (TPSA) is 109 Å². The van der Waals surface area contributed by atoms with Crippen molar-refractivity contribution in [1.82, 2.24) is 5.32 Å². The fourth-order valence-electron chi connectivity index (χ4n) is 1.06. The summed E-state index contributed by atoms with van der Waals surface area (Å²) < 4.78 is 0. The van der Waals surface area contributed by atoms with E-state index in [1.165, 1.54) is 0 Å². The highest BCUT2D eigenvalue weighted by atomic mass is 16.4. The Morgan fingerprint density at radius 1 is 1.35 bits per heavy atom. The molecule has 0 heterocycles. The van der Waals surface area contributed by atoms with Crippen LogP contribution in [0.5, 0.6) is 0 Å². The second-order valence-electron chi connectivity index (χ2n) is 4.61. The molecule has 1 unspecified atom stereocenters. The van der Waals surface area contributed by atoms with Crippen LogP contribution in [0.25, 0.3) is 0 Å². The zero-order valence-electron chi connectivity index (χ0n) is 10.4. The van der Waals surface area contributed by atoms with Crippen LogP contribution in [0.15, 0.2) is 0 Å². The molecular weight excluding hydrogens is 224 g/mol. The smallest absolute Gasteiger partial charge is 0.326 e. The summed E-state index contributed by atoms with van der Waals surface area (Å²) in [6, 6.07) is -1.07. The first-order valence-electron chi connectivity index (χ1n) is 5.52. The van der Waals surface area contributed by atoms with Crippen LogP contribution in [-0.2, 0) is 14.4 Å². The summed E-state index contributed by atoms with van der Waals surface area (Å²) in [6.07, 6.45) is 0.543. The van der Waals surface area contributed by atoms with E-state index in [0.717, 1.165) is 0 Å². The van der Waals surface area contributed by atoms with Crippen molar-refractivity contribution in [2.45, 2.75) is 46.1 Å². The molecule has 0 aliphatic heterocycles. The number of amides is 2. The van der Waals surface area contributed by atoms with E-state index in [-0.39, 0.29) is 18.7 Å². The predicted octanol–water partition coefficient (Wildman–Crippen LogP) is 0.258. The van der Waals surface area contributed by atoms with Crippen molar-refractivity contribution in [3.05, 3.63) is 0 Å². The summed E-state index contributed by atoms with van der Waals surface area (Å²) in [6.45, 7) is 5.31. The number of hydrogen-bond donors (Lipinski definition) is 3. The highest BCUT2D eigenvalue weighted by Gasteiger charge is 2.29. The Balaban J connectivity index is 4.50. The molecule has 0 aromatic heterocycles. The number of carboxylic acid groups (broad SMARTS) is 1. The van der Waals surface area contributed by atoms with Crippen LogP contribution in [0.1, 0.15) is 40.0 Å². The molecule has 6 heteroatoms. The van der Waals surface area contributed by atoms with Gasteiger partial charge < -0.3 is 16.2 Å².